The first-order valence-corrected chi connectivity index (χ1v) is 9.59. The largest absolute Gasteiger partial charge is 0.396 e. The molecule has 0 fully saturated rings. The van der Waals surface area contributed by atoms with Crippen LogP contribution in [0, 0.1) is 6.92 Å². The van der Waals surface area contributed by atoms with Gasteiger partial charge >= 0.3 is 5.69 Å². The van der Waals surface area contributed by atoms with Crippen LogP contribution in [0.5, 0.6) is 0 Å². The van der Waals surface area contributed by atoms with E-state index in [9.17, 15) is 4.79 Å². The number of nitrogens with zero attached hydrogens (tertiary/aromatic N) is 2. The lowest BCUT2D eigenvalue weighted by molar-refractivity contribution is 0.277. The van der Waals surface area contributed by atoms with E-state index in [1.807, 2.05) is 0 Å². The molecule has 0 bridgehead atoms. The zero-order valence-electron chi connectivity index (χ0n) is 14.1. The van der Waals surface area contributed by atoms with Gasteiger partial charge in [-0.05, 0) is 44.6 Å². The summed E-state index contributed by atoms with van der Waals surface area (Å²) in [5.41, 5.74) is 4.72. The standard InChI is InChI=1S/C19H24N2O2S/c1-14-7-9-15(10-8-14)13-24-18-16-5-2-3-6-17(16)21(11-4-12-22)19(23)20-18/h7-10,22H,2-6,11-13H2,1H3. The van der Waals surface area contributed by atoms with Crippen LogP contribution in [0.25, 0.3) is 0 Å². The zero-order valence-corrected chi connectivity index (χ0v) is 14.9. The summed E-state index contributed by atoms with van der Waals surface area (Å²) in [6.07, 6.45) is 4.82. The van der Waals surface area contributed by atoms with Crippen LogP contribution in [-0.2, 0) is 25.1 Å². The van der Waals surface area contributed by atoms with Gasteiger partial charge in [-0.1, -0.05) is 29.8 Å². The molecule has 3 rings (SSSR count). The van der Waals surface area contributed by atoms with Gasteiger partial charge in [-0.15, -0.1) is 11.8 Å². The van der Waals surface area contributed by atoms with Crippen molar-refractivity contribution in [1.82, 2.24) is 9.55 Å². The molecule has 0 atom stereocenters. The average molecular weight is 344 g/mol. The Morgan fingerprint density at radius 2 is 1.96 bits per heavy atom. The molecule has 0 spiro atoms. The molecule has 0 saturated heterocycles. The second-order valence-corrected chi connectivity index (χ2v) is 7.30. The molecule has 1 aliphatic rings. The number of aromatic nitrogens is 2. The zero-order chi connectivity index (χ0) is 16.9. The molecule has 0 unspecified atom stereocenters. The van der Waals surface area contributed by atoms with Crippen molar-refractivity contribution in [2.24, 2.45) is 0 Å². The van der Waals surface area contributed by atoms with Crippen LogP contribution in [0.4, 0.5) is 0 Å². The maximum atomic E-state index is 12.4. The predicted octanol–water partition coefficient (Wildman–Crippen LogP) is 3.11. The Balaban J connectivity index is 1.86. The Labute approximate surface area is 146 Å². The highest BCUT2D eigenvalue weighted by molar-refractivity contribution is 7.98. The molecule has 4 nitrogen and oxygen atoms in total. The van der Waals surface area contributed by atoms with Gasteiger partial charge in [-0.25, -0.2) is 4.79 Å². The lowest BCUT2D eigenvalue weighted by atomic mass is 9.97. The topological polar surface area (TPSA) is 55.1 Å². The summed E-state index contributed by atoms with van der Waals surface area (Å²) in [6, 6.07) is 8.51. The quantitative estimate of drug-likeness (QED) is 0.646. The molecule has 0 amide bonds. The molecule has 1 aromatic heterocycles. The molecule has 0 aliphatic heterocycles. The normalized spacial score (nSPS) is 13.8. The third-order valence-corrected chi connectivity index (χ3v) is 5.58. The van der Waals surface area contributed by atoms with Crippen LogP contribution in [0.1, 0.15) is 41.6 Å². The van der Waals surface area contributed by atoms with Gasteiger partial charge < -0.3 is 5.11 Å². The fourth-order valence-electron chi connectivity index (χ4n) is 3.16. The van der Waals surface area contributed by atoms with Gasteiger partial charge in [0.1, 0.15) is 5.03 Å². The molecule has 0 radical (unpaired) electrons. The molecule has 24 heavy (non-hydrogen) atoms. The van der Waals surface area contributed by atoms with Gasteiger partial charge in [-0.2, -0.15) is 4.98 Å². The number of benzene rings is 1. The fraction of sp³-hybridized carbons (Fsp3) is 0.474. The van der Waals surface area contributed by atoms with Crippen molar-refractivity contribution >= 4 is 11.8 Å². The number of hydrogen-bond donors (Lipinski definition) is 1. The molecule has 128 valence electrons. The predicted molar refractivity (Wildman–Crippen MR) is 97.6 cm³/mol. The van der Waals surface area contributed by atoms with Gasteiger partial charge in [0.15, 0.2) is 0 Å². The Bertz CT molecular complexity index is 753. The number of hydrogen-bond acceptors (Lipinski definition) is 4. The Morgan fingerprint density at radius 1 is 1.21 bits per heavy atom. The lowest BCUT2D eigenvalue weighted by Crippen LogP contribution is -2.30. The van der Waals surface area contributed by atoms with E-state index in [0.717, 1.165) is 42.2 Å². The molecule has 1 heterocycles. The summed E-state index contributed by atoms with van der Waals surface area (Å²) in [6.45, 7) is 2.75. The van der Waals surface area contributed by atoms with Crippen LogP contribution in [0.2, 0.25) is 0 Å². The van der Waals surface area contributed by atoms with Crippen molar-refractivity contribution < 1.29 is 5.11 Å². The molecule has 2 aromatic rings. The van der Waals surface area contributed by atoms with Crippen LogP contribution >= 0.6 is 11.8 Å². The summed E-state index contributed by atoms with van der Waals surface area (Å²) >= 11 is 1.67. The van der Waals surface area contributed by atoms with Crippen LogP contribution in [0.3, 0.4) is 0 Å². The van der Waals surface area contributed by atoms with E-state index < -0.39 is 0 Å². The number of aliphatic hydroxyl groups excluding tert-OH is 1. The fourth-order valence-corrected chi connectivity index (χ4v) is 4.20. The van der Waals surface area contributed by atoms with Crippen molar-refractivity contribution in [2.75, 3.05) is 6.61 Å². The van der Waals surface area contributed by atoms with E-state index in [1.54, 1.807) is 16.3 Å². The van der Waals surface area contributed by atoms with E-state index in [-0.39, 0.29) is 12.3 Å². The summed E-state index contributed by atoms with van der Waals surface area (Å²) in [5, 5.41) is 9.97. The third kappa shape index (κ3) is 3.90. The van der Waals surface area contributed by atoms with E-state index in [1.165, 1.54) is 16.7 Å². The first-order chi connectivity index (χ1) is 11.7. The van der Waals surface area contributed by atoms with E-state index >= 15 is 0 Å². The summed E-state index contributed by atoms with van der Waals surface area (Å²) in [5.74, 6) is 0.833. The molecular formula is C19H24N2O2S. The van der Waals surface area contributed by atoms with Gasteiger partial charge in [0, 0.05) is 30.2 Å². The molecule has 1 aliphatic carbocycles. The van der Waals surface area contributed by atoms with Crippen molar-refractivity contribution in [1.29, 1.82) is 0 Å². The van der Waals surface area contributed by atoms with Gasteiger partial charge in [0.05, 0.1) is 0 Å². The van der Waals surface area contributed by atoms with Gasteiger partial charge in [0.2, 0.25) is 0 Å². The smallest absolute Gasteiger partial charge is 0.348 e. The second kappa shape index (κ2) is 7.99. The van der Waals surface area contributed by atoms with Crippen LogP contribution in [-0.4, -0.2) is 21.3 Å². The molecule has 5 heteroatoms. The van der Waals surface area contributed by atoms with Crippen molar-refractivity contribution in [3.8, 4) is 0 Å². The monoisotopic (exact) mass is 344 g/mol. The van der Waals surface area contributed by atoms with E-state index in [4.69, 9.17) is 5.11 Å². The van der Waals surface area contributed by atoms with Crippen LogP contribution in [0.15, 0.2) is 34.1 Å². The Kier molecular flexibility index (Phi) is 5.74. The average Bonchev–Trinajstić information content (AvgIpc) is 2.60. The molecule has 1 aromatic carbocycles. The number of aliphatic hydroxyl groups is 1. The number of aryl methyl sites for hydroxylation is 1. The van der Waals surface area contributed by atoms with E-state index in [0.29, 0.717) is 13.0 Å². The minimum absolute atomic E-state index is 0.102. The molecule has 0 saturated carbocycles. The van der Waals surface area contributed by atoms with E-state index in [2.05, 4.69) is 36.2 Å². The van der Waals surface area contributed by atoms with Gasteiger partial charge in [0.25, 0.3) is 0 Å². The Morgan fingerprint density at radius 3 is 2.71 bits per heavy atom. The minimum Gasteiger partial charge on any atom is -0.396 e. The molecular weight excluding hydrogens is 320 g/mol. The summed E-state index contributed by atoms with van der Waals surface area (Å²) in [4.78, 5) is 16.8. The highest BCUT2D eigenvalue weighted by Crippen LogP contribution is 2.30. The maximum Gasteiger partial charge on any atom is 0.348 e. The number of fused-ring (bicyclic) bond motifs is 1. The number of rotatable bonds is 6. The highest BCUT2D eigenvalue weighted by Gasteiger charge is 2.20. The molecule has 1 N–H and O–H groups in total. The van der Waals surface area contributed by atoms with Crippen molar-refractivity contribution in [3.63, 3.8) is 0 Å². The van der Waals surface area contributed by atoms with Gasteiger partial charge in [-0.3, -0.25) is 4.57 Å². The van der Waals surface area contributed by atoms with Crippen molar-refractivity contribution in [2.45, 2.75) is 56.4 Å². The third-order valence-electron chi connectivity index (χ3n) is 4.49. The maximum absolute atomic E-state index is 12.4. The minimum atomic E-state index is -0.171. The summed E-state index contributed by atoms with van der Waals surface area (Å²) < 4.78 is 1.78. The number of thioether (sulfide) groups is 1. The first kappa shape index (κ1) is 17.2. The SMILES string of the molecule is Cc1ccc(CSc2nc(=O)n(CCCO)c3c2CCCC3)cc1. The highest BCUT2D eigenvalue weighted by atomic mass is 32.2. The van der Waals surface area contributed by atoms with Crippen molar-refractivity contribution in [3.05, 3.63) is 57.1 Å². The van der Waals surface area contributed by atoms with Crippen LogP contribution < -0.4 is 5.69 Å². The Hall–Kier alpha value is -1.59. The summed E-state index contributed by atoms with van der Waals surface area (Å²) in [7, 11) is 0. The lowest BCUT2D eigenvalue weighted by Gasteiger charge is -2.22. The second-order valence-electron chi connectivity index (χ2n) is 6.33. The first-order valence-electron chi connectivity index (χ1n) is 8.61.